The van der Waals surface area contributed by atoms with E-state index < -0.39 is 5.97 Å². The van der Waals surface area contributed by atoms with Crippen LogP contribution in [-0.2, 0) is 11.2 Å². The van der Waals surface area contributed by atoms with Crippen molar-refractivity contribution in [2.24, 2.45) is 0 Å². The predicted octanol–water partition coefficient (Wildman–Crippen LogP) is 2.69. The minimum Gasteiger partial charge on any atom is -0.492 e. The Morgan fingerprint density at radius 2 is 1.84 bits per heavy atom. The van der Waals surface area contributed by atoms with Crippen LogP contribution >= 0.6 is 0 Å². The van der Waals surface area contributed by atoms with Gasteiger partial charge in [-0.3, -0.25) is 4.90 Å². The second-order valence-electron chi connectivity index (χ2n) is 6.13. The van der Waals surface area contributed by atoms with E-state index in [9.17, 15) is 4.79 Å². The molecule has 1 heterocycles. The molecule has 0 unspecified atom stereocenters. The smallest absolute Gasteiger partial charge is 0.335 e. The number of hydrogen-bond acceptors (Lipinski definition) is 4. The highest BCUT2D eigenvalue weighted by Gasteiger charge is 2.09. The van der Waals surface area contributed by atoms with Crippen LogP contribution in [0.25, 0.3) is 0 Å². The van der Waals surface area contributed by atoms with Crippen LogP contribution < -0.4 is 4.74 Å². The van der Waals surface area contributed by atoms with Crippen molar-refractivity contribution in [1.82, 2.24) is 4.90 Å². The van der Waals surface area contributed by atoms with Crippen molar-refractivity contribution in [3.63, 3.8) is 0 Å². The van der Waals surface area contributed by atoms with Crippen molar-refractivity contribution in [2.45, 2.75) is 6.42 Å². The van der Waals surface area contributed by atoms with Crippen molar-refractivity contribution in [3.05, 3.63) is 65.2 Å². The van der Waals surface area contributed by atoms with Crippen LogP contribution in [0.1, 0.15) is 21.5 Å². The quantitative estimate of drug-likeness (QED) is 0.839. The lowest BCUT2D eigenvalue weighted by atomic mass is 10.0. The number of carbonyl (C=O) groups is 1. The molecule has 5 heteroatoms. The van der Waals surface area contributed by atoms with Crippen molar-refractivity contribution in [1.29, 1.82) is 0 Å². The van der Waals surface area contributed by atoms with Crippen molar-refractivity contribution < 1.29 is 19.4 Å². The van der Waals surface area contributed by atoms with Gasteiger partial charge in [0.1, 0.15) is 12.4 Å². The van der Waals surface area contributed by atoms with Crippen LogP contribution in [0.3, 0.4) is 0 Å². The van der Waals surface area contributed by atoms with Crippen LogP contribution in [0, 0.1) is 0 Å². The molecule has 0 aromatic heterocycles. The molecule has 0 radical (unpaired) electrons. The minimum absolute atomic E-state index is 0.320. The Labute approximate surface area is 147 Å². The van der Waals surface area contributed by atoms with Gasteiger partial charge < -0.3 is 14.6 Å². The predicted molar refractivity (Wildman–Crippen MR) is 95.4 cm³/mol. The Hall–Kier alpha value is -2.37. The van der Waals surface area contributed by atoms with Crippen LogP contribution in [0.2, 0.25) is 0 Å². The summed E-state index contributed by atoms with van der Waals surface area (Å²) in [5.41, 5.74) is 2.43. The summed E-state index contributed by atoms with van der Waals surface area (Å²) in [5, 5.41) is 9.06. The first kappa shape index (κ1) is 17.5. The third kappa shape index (κ3) is 5.31. The Kier molecular flexibility index (Phi) is 6.04. The summed E-state index contributed by atoms with van der Waals surface area (Å²) in [5.74, 6) is -0.0397. The number of carboxylic acid groups (broad SMARTS) is 1. The first-order valence-electron chi connectivity index (χ1n) is 8.55. The van der Waals surface area contributed by atoms with Gasteiger partial charge in [-0.05, 0) is 41.8 Å². The summed E-state index contributed by atoms with van der Waals surface area (Å²) in [7, 11) is 0. The molecule has 0 bridgehead atoms. The van der Waals surface area contributed by atoms with Crippen LogP contribution in [0.4, 0.5) is 0 Å². The Balaban J connectivity index is 1.50. The number of nitrogens with zero attached hydrogens (tertiary/aromatic N) is 1. The minimum atomic E-state index is -0.897. The van der Waals surface area contributed by atoms with E-state index in [4.69, 9.17) is 14.6 Å². The first-order valence-corrected chi connectivity index (χ1v) is 8.55. The molecular weight excluding hydrogens is 318 g/mol. The van der Waals surface area contributed by atoms with E-state index in [0.29, 0.717) is 18.6 Å². The van der Waals surface area contributed by atoms with Crippen LogP contribution in [0.5, 0.6) is 5.75 Å². The van der Waals surface area contributed by atoms with Gasteiger partial charge in [0.05, 0.1) is 18.8 Å². The van der Waals surface area contributed by atoms with Crippen LogP contribution in [0.15, 0.2) is 48.5 Å². The van der Waals surface area contributed by atoms with E-state index in [-0.39, 0.29) is 0 Å². The van der Waals surface area contributed by atoms with E-state index in [0.717, 1.165) is 49.7 Å². The van der Waals surface area contributed by atoms with E-state index in [1.165, 1.54) is 0 Å². The third-order valence-corrected chi connectivity index (χ3v) is 4.29. The average Bonchev–Trinajstić information content (AvgIpc) is 2.64. The normalized spacial score (nSPS) is 15.0. The fourth-order valence-electron chi connectivity index (χ4n) is 2.87. The molecule has 0 amide bonds. The van der Waals surface area contributed by atoms with E-state index >= 15 is 0 Å². The summed E-state index contributed by atoms with van der Waals surface area (Å²) < 4.78 is 11.1. The highest BCUT2D eigenvalue weighted by molar-refractivity contribution is 5.87. The number of hydrogen-bond donors (Lipinski definition) is 1. The SMILES string of the molecule is O=C(O)c1cccc(Cc2ccc(OCCN3CCOCC3)cc2)c1. The Morgan fingerprint density at radius 3 is 2.56 bits per heavy atom. The van der Waals surface area contributed by atoms with Crippen molar-refractivity contribution >= 4 is 5.97 Å². The number of rotatable bonds is 7. The zero-order valence-electron chi connectivity index (χ0n) is 14.2. The standard InChI is InChI=1S/C20H23NO4/c22-20(23)18-3-1-2-17(15-18)14-16-4-6-19(7-5-16)25-13-10-21-8-11-24-12-9-21/h1-7,15H,8-14H2,(H,22,23). The van der Waals surface area contributed by atoms with Gasteiger partial charge in [0.2, 0.25) is 0 Å². The van der Waals surface area contributed by atoms with Gasteiger partial charge in [-0.1, -0.05) is 24.3 Å². The van der Waals surface area contributed by atoms with E-state index in [1.54, 1.807) is 18.2 Å². The molecule has 2 aromatic rings. The van der Waals surface area contributed by atoms with E-state index in [2.05, 4.69) is 4.90 Å². The van der Waals surface area contributed by atoms with Crippen molar-refractivity contribution in [3.8, 4) is 5.75 Å². The average molecular weight is 341 g/mol. The molecular formula is C20H23NO4. The largest absolute Gasteiger partial charge is 0.492 e. The second kappa shape index (κ2) is 8.65. The molecule has 1 aliphatic rings. The molecule has 132 valence electrons. The molecule has 0 saturated carbocycles. The van der Waals surface area contributed by atoms with Gasteiger partial charge in [-0.2, -0.15) is 0 Å². The maximum absolute atomic E-state index is 11.0. The molecule has 1 saturated heterocycles. The van der Waals surface area contributed by atoms with Crippen LogP contribution in [-0.4, -0.2) is 55.4 Å². The molecule has 0 spiro atoms. The monoisotopic (exact) mass is 341 g/mol. The first-order chi connectivity index (χ1) is 12.2. The summed E-state index contributed by atoms with van der Waals surface area (Å²) in [6, 6.07) is 15.0. The lowest BCUT2D eigenvalue weighted by Gasteiger charge is -2.26. The molecule has 3 rings (SSSR count). The summed E-state index contributed by atoms with van der Waals surface area (Å²) >= 11 is 0. The van der Waals surface area contributed by atoms with Gasteiger partial charge in [-0.15, -0.1) is 0 Å². The summed E-state index contributed by atoms with van der Waals surface area (Å²) in [4.78, 5) is 13.4. The van der Waals surface area contributed by atoms with Gasteiger partial charge in [0.25, 0.3) is 0 Å². The summed E-state index contributed by atoms with van der Waals surface area (Å²) in [6.45, 7) is 5.12. The molecule has 0 aliphatic carbocycles. The maximum Gasteiger partial charge on any atom is 0.335 e. The molecule has 1 fully saturated rings. The highest BCUT2D eigenvalue weighted by atomic mass is 16.5. The molecule has 5 nitrogen and oxygen atoms in total. The number of ether oxygens (including phenoxy) is 2. The fraction of sp³-hybridized carbons (Fsp3) is 0.350. The Morgan fingerprint density at radius 1 is 1.08 bits per heavy atom. The fourth-order valence-corrected chi connectivity index (χ4v) is 2.87. The van der Waals surface area contributed by atoms with E-state index in [1.807, 2.05) is 30.3 Å². The zero-order valence-corrected chi connectivity index (χ0v) is 14.2. The second-order valence-corrected chi connectivity index (χ2v) is 6.13. The highest BCUT2D eigenvalue weighted by Crippen LogP contribution is 2.16. The topological polar surface area (TPSA) is 59.0 Å². The maximum atomic E-state index is 11.0. The lowest BCUT2D eigenvalue weighted by molar-refractivity contribution is 0.0322. The molecule has 1 N–H and O–H groups in total. The zero-order chi connectivity index (χ0) is 17.5. The number of benzene rings is 2. The summed E-state index contributed by atoms with van der Waals surface area (Å²) in [6.07, 6.45) is 0.704. The molecule has 0 atom stereocenters. The molecule has 2 aromatic carbocycles. The third-order valence-electron chi connectivity index (χ3n) is 4.29. The Bertz CT molecular complexity index is 693. The lowest BCUT2D eigenvalue weighted by Crippen LogP contribution is -2.38. The van der Waals surface area contributed by atoms with Gasteiger partial charge >= 0.3 is 5.97 Å². The number of carboxylic acids is 1. The molecule has 1 aliphatic heterocycles. The number of aromatic carboxylic acids is 1. The van der Waals surface area contributed by atoms with Gasteiger partial charge in [-0.25, -0.2) is 4.79 Å². The van der Waals surface area contributed by atoms with Crippen molar-refractivity contribution in [2.75, 3.05) is 39.5 Å². The number of morpholine rings is 1. The van der Waals surface area contributed by atoms with Gasteiger partial charge in [0, 0.05) is 19.6 Å². The van der Waals surface area contributed by atoms with Gasteiger partial charge in [0.15, 0.2) is 0 Å². The molecule has 25 heavy (non-hydrogen) atoms.